The van der Waals surface area contributed by atoms with E-state index in [-0.39, 0.29) is 5.75 Å². The minimum Gasteiger partial charge on any atom is -0.494 e. The molecule has 106 valence electrons. The molecular weight excluding hydrogens is 255 g/mol. The van der Waals surface area contributed by atoms with Crippen LogP contribution < -0.4 is 4.74 Å². The maximum absolute atomic E-state index is 13.7. The standard InChI is InChI=1S/C17H19FO2/c1-3-4-12-5-7-13(8-6-12)17(19)14-9-10-16(20-2)15(18)11-14/h5-11,17,19H,3-4H2,1-2H3. The van der Waals surface area contributed by atoms with Crippen LogP contribution in [0.4, 0.5) is 4.39 Å². The second kappa shape index (κ2) is 6.53. The Hall–Kier alpha value is -1.87. The first-order chi connectivity index (χ1) is 9.65. The van der Waals surface area contributed by atoms with Gasteiger partial charge in [-0.3, -0.25) is 0 Å². The van der Waals surface area contributed by atoms with Crippen LogP contribution >= 0.6 is 0 Å². The van der Waals surface area contributed by atoms with Crippen LogP contribution in [-0.2, 0) is 6.42 Å². The van der Waals surface area contributed by atoms with E-state index >= 15 is 0 Å². The summed E-state index contributed by atoms with van der Waals surface area (Å²) in [6.07, 6.45) is 1.28. The van der Waals surface area contributed by atoms with Gasteiger partial charge in [-0.05, 0) is 35.2 Å². The fourth-order valence-electron chi connectivity index (χ4n) is 2.20. The number of aryl methyl sites for hydroxylation is 1. The Morgan fingerprint density at radius 1 is 1.10 bits per heavy atom. The zero-order valence-electron chi connectivity index (χ0n) is 11.8. The van der Waals surface area contributed by atoms with Crippen molar-refractivity contribution in [2.75, 3.05) is 7.11 Å². The molecule has 0 aliphatic rings. The number of benzene rings is 2. The van der Waals surface area contributed by atoms with Crippen LogP contribution in [0.3, 0.4) is 0 Å². The van der Waals surface area contributed by atoms with Gasteiger partial charge in [0.15, 0.2) is 11.6 Å². The number of aliphatic hydroxyl groups excluding tert-OH is 1. The number of hydrogen-bond donors (Lipinski definition) is 1. The third kappa shape index (κ3) is 3.17. The molecule has 0 heterocycles. The van der Waals surface area contributed by atoms with E-state index in [0.29, 0.717) is 5.56 Å². The zero-order chi connectivity index (χ0) is 14.5. The van der Waals surface area contributed by atoms with Crippen molar-refractivity contribution in [1.82, 2.24) is 0 Å². The Balaban J connectivity index is 2.21. The van der Waals surface area contributed by atoms with E-state index in [1.54, 1.807) is 6.07 Å². The highest BCUT2D eigenvalue weighted by atomic mass is 19.1. The van der Waals surface area contributed by atoms with Gasteiger partial charge in [-0.25, -0.2) is 4.39 Å². The first-order valence-corrected chi connectivity index (χ1v) is 6.76. The van der Waals surface area contributed by atoms with Gasteiger partial charge in [0.2, 0.25) is 0 Å². The molecule has 0 amide bonds. The monoisotopic (exact) mass is 274 g/mol. The Morgan fingerprint density at radius 3 is 2.30 bits per heavy atom. The summed E-state index contributed by atoms with van der Waals surface area (Å²) in [6, 6.07) is 12.3. The average molecular weight is 274 g/mol. The highest BCUT2D eigenvalue weighted by Crippen LogP contribution is 2.26. The van der Waals surface area contributed by atoms with Crippen molar-refractivity contribution in [3.05, 3.63) is 65.0 Å². The van der Waals surface area contributed by atoms with Gasteiger partial charge < -0.3 is 9.84 Å². The lowest BCUT2D eigenvalue weighted by Gasteiger charge is -2.13. The van der Waals surface area contributed by atoms with Gasteiger partial charge >= 0.3 is 0 Å². The van der Waals surface area contributed by atoms with Crippen molar-refractivity contribution >= 4 is 0 Å². The predicted octanol–water partition coefficient (Wildman–Crippen LogP) is 3.87. The molecule has 1 atom stereocenters. The smallest absolute Gasteiger partial charge is 0.165 e. The highest BCUT2D eigenvalue weighted by molar-refractivity contribution is 5.36. The van der Waals surface area contributed by atoms with Crippen molar-refractivity contribution in [3.63, 3.8) is 0 Å². The Morgan fingerprint density at radius 2 is 1.75 bits per heavy atom. The van der Waals surface area contributed by atoms with Crippen molar-refractivity contribution in [2.24, 2.45) is 0 Å². The summed E-state index contributed by atoms with van der Waals surface area (Å²) in [4.78, 5) is 0. The van der Waals surface area contributed by atoms with Crippen LogP contribution in [0.25, 0.3) is 0 Å². The molecule has 0 spiro atoms. The Kier molecular flexibility index (Phi) is 4.74. The molecule has 0 aromatic heterocycles. The molecular formula is C17H19FO2. The molecule has 0 radical (unpaired) electrons. The second-order valence-electron chi connectivity index (χ2n) is 4.79. The molecule has 0 fully saturated rings. The van der Waals surface area contributed by atoms with Gasteiger partial charge in [0.25, 0.3) is 0 Å². The van der Waals surface area contributed by atoms with Gasteiger partial charge in [0.05, 0.1) is 7.11 Å². The fraction of sp³-hybridized carbons (Fsp3) is 0.294. The van der Waals surface area contributed by atoms with Crippen molar-refractivity contribution < 1.29 is 14.2 Å². The number of methoxy groups -OCH3 is 1. The Labute approximate surface area is 118 Å². The van der Waals surface area contributed by atoms with E-state index in [2.05, 4.69) is 6.92 Å². The van der Waals surface area contributed by atoms with Gasteiger partial charge in [-0.1, -0.05) is 43.7 Å². The molecule has 2 aromatic carbocycles. The molecule has 3 heteroatoms. The summed E-state index contributed by atoms with van der Waals surface area (Å²) in [5.74, 6) is -0.286. The summed E-state index contributed by atoms with van der Waals surface area (Å²) < 4.78 is 18.5. The highest BCUT2D eigenvalue weighted by Gasteiger charge is 2.13. The number of rotatable bonds is 5. The summed E-state index contributed by atoms with van der Waals surface area (Å²) in [7, 11) is 1.42. The molecule has 0 aliphatic heterocycles. The predicted molar refractivity (Wildman–Crippen MR) is 77.5 cm³/mol. The summed E-state index contributed by atoms with van der Waals surface area (Å²) >= 11 is 0. The molecule has 1 unspecified atom stereocenters. The van der Waals surface area contributed by atoms with Gasteiger partial charge in [-0.15, -0.1) is 0 Å². The summed E-state index contributed by atoms with van der Waals surface area (Å²) in [5, 5.41) is 10.3. The van der Waals surface area contributed by atoms with Gasteiger partial charge in [-0.2, -0.15) is 0 Å². The normalized spacial score (nSPS) is 12.2. The van der Waals surface area contributed by atoms with Gasteiger partial charge in [0.1, 0.15) is 6.10 Å². The van der Waals surface area contributed by atoms with Crippen molar-refractivity contribution in [3.8, 4) is 5.75 Å². The van der Waals surface area contributed by atoms with E-state index < -0.39 is 11.9 Å². The second-order valence-corrected chi connectivity index (χ2v) is 4.79. The van der Waals surface area contributed by atoms with E-state index in [4.69, 9.17) is 4.74 Å². The van der Waals surface area contributed by atoms with Crippen LogP contribution in [0, 0.1) is 5.82 Å². The van der Waals surface area contributed by atoms with Crippen molar-refractivity contribution in [2.45, 2.75) is 25.9 Å². The molecule has 1 N–H and O–H groups in total. The Bertz CT molecular complexity index is 564. The van der Waals surface area contributed by atoms with Crippen LogP contribution in [0.5, 0.6) is 5.75 Å². The van der Waals surface area contributed by atoms with Crippen LogP contribution in [0.2, 0.25) is 0 Å². The van der Waals surface area contributed by atoms with Gasteiger partial charge in [0, 0.05) is 0 Å². The van der Waals surface area contributed by atoms with Crippen LogP contribution in [0.1, 0.15) is 36.1 Å². The zero-order valence-corrected chi connectivity index (χ0v) is 11.8. The largest absolute Gasteiger partial charge is 0.494 e. The number of ether oxygens (including phenoxy) is 1. The lowest BCUT2D eigenvalue weighted by Crippen LogP contribution is -2.01. The fourth-order valence-corrected chi connectivity index (χ4v) is 2.20. The summed E-state index contributed by atoms with van der Waals surface area (Å²) in [5.41, 5.74) is 2.52. The lowest BCUT2D eigenvalue weighted by atomic mass is 9.99. The molecule has 2 aromatic rings. The van der Waals surface area contributed by atoms with Crippen LogP contribution in [-0.4, -0.2) is 12.2 Å². The molecule has 2 nitrogen and oxygen atoms in total. The molecule has 20 heavy (non-hydrogen) atoms. The summed E-state index contributed by atoms with van der Waals surface area (Å²) in [6.45, 7) is 2.13. The van der Waals surface area contributed by atoms with E-state index in [1.807, 2.05) is 24.3 Å². The molecule has 0 aliphatic carbocycles. The number of halogens is 1. The van der Waals surface area contributed by atoms with Crippen LogP contribution in [0.15, 0.2) is 42.5 Å². The molecule has 0 saturated heterocycles. The first-order valence-electron chi connectivity index (χ1n) is 6.76. The SMILES string of the molecule is CCCc1ccc(C(O)c2ccc(OC)c(F)c2)cc1. The first kappa shape index (κ1) is 14.5. The average Bonchev–Trinajstić information content (AvgIpc) is 2.47. The van der Waals surface area contributed by atoms with E-state index in [1.165, 1.54) is 24.8 Å². The maximum Gasteiger partial charge on any atom is 0.165 e. The third-order valence-electron chi connectivity index (χ3n) is 3.33. The molecule has 0 bridgehead atoms. The molecule has 2 rings (SSSR count). The number of aliphatic hydroxyl groups is 1. The minimum absolute atomic E-state index is 0.180. The maximum atomic E-state index is 13.7. The topological polar surface area (TPSA) is 29.5 Å². The van der Waals surface area contributed by atoms with Crippen molar-refractivity contribution in [1.29, 1.82) is 0 Å². The minimum atomic E-state index is -0.828. The quantitative estimate of drug-likeness (QED) is 0.897. The number of hydrogen-bond acceptors (Lipinski definition) is 2. The lowest BCUT2D eigenvalue weighted by molar-refractivity contribution is 0.219. The van der Waals surface area contributed by atoms with E-state index in [9.17, 15) is 9.50 Å². The molecule has 0 saturated carbocycles. The van der Waals surface area contributed by atoms with E-state index in [0.717, 1.165) is 18.4 Å². The third-order valence-corrected chi connectivity index (χ3v) is 3.33.